The molecular weight excluding hydrogens is 196 g/mol. The van der Waals surface area contributed by atoms with Gasteiger partial charge in [-0.05, 0) is 12.8 Å². The second-order valence-corrected chi connectivity index (χ2v) is 3.60. The molecule has 0 radical (unpaired) electrons. The van der Waals surface area contributed by atoms with E-state index in [2.05, 4.69) is 11.3 Å². The average Bonchev–Trinajstić information content (AvgIpc) is 2.22. The van der Waals surface area contributed by atoms with Crippen LogP contribution in [0.3, 0.4) is 0 Å². The summed E-state index contributed by atoms with van der Waals surface area (Å²) in [5.74, 6) is -1.56. The van der Waals surface area contributed by atoms with Crippen LogP contribution in [0.2, 0.25) is 0 Å². The highest BCUT2D eigenvalue weighted by Crippen LogP contribution is 2.33. The van der Waals surface area contributed by atoms with Gasteiger partial charge in [0, 0.05) is 5.92 Å². The quantitative estimate of drug-likeness (QED) is 0.391. The Balaban J connectivity index is 2.66. The molecule has 1 aliphatic heterocycles. The summed E-state index contributed by atoms with van der Waals surface area (Å²) in [6.45, 7) is 5.64. The molecule has 3 unspecified atom stereocenters. The van der Waals surface area contributed by atoms with Crippen LogP contribution in [0.5, 0.6) is 0 Å². The van der Waals surface area contributed by atoms with Crippen molar-refractivity contribution in [3.8, 4) is 0 Å². The van der Waals surface area contributed by atoms with Crippen LogP contribution in [0, 0.1) is 11.8 Å². The zero-order valence-corrected chi connectivity index (χ0v) is 9.06. The van der Waals surface area contributed by atoms with E-state index in [-0.39, 0.29) is 12.0 Å². The second kappa shape index (κ2) is 4.96. The van der Waals surface area contributed by atoms with Gasteiger partial charge in [-0.3, -0.25) is 9.59 Å². The highest BCUT2D eigenvalue weighted by Gasteiger charge is 2.51. The molecular formula is C11H16O4. The van der Waals surface area contributed by atoms with E-state index in [1.54, 1.807) is 6.08 Å². The smallest absolute Gasteiger partial charge is 0.324 e. The van der Waals surface area contributed by atoms with Crippen LogP contribution in [0.25, 0.3) is 0 Å². The SMILES string of the molecule is C=CCC(CC)C1OC(=O)C1C(=O)OC. The number of methoxy groups -OCH3 is 1. The van der Waals surface area contributed by atoms with E-state index in [4.69, 9.17) is 4.74 Å². The first-order valence-corrected chi connectivity index (χ1v) is 5.04. The van der Waals surface area contributed by atoms with Crippen molar-refractivity contribution in [3.05, 3.63) is 12.7 Å². The largest absolute Gasteiger partial charge is 0.468 e. The molecule has 0 amide bonds. The van der Waals surface area contributed by atoms with Gasteiger partial charge in [0.25, 0.3) is 0 Å². The van der Waals surface area contributed by atoms with Crippen LogP contribution in [-0.4, -0.2) is 25.2 Å². The summed E-state index contributed by atoms with van der Waals surface area (Å²) < 4.78 is 9.55. The van der Waals surface area contributed by atoms with E-state index < -0.39 is 17.9 Å². The zero-order chi connectivity index (χ0) is 11.4. The maximum absolute atomic E-state index is 11.3. The van der Waals surface area contributed by atoms with E-state index in [1.807, 2.05) is 6.92 Å². The number of hydrogen-bond donors (Lipinski definition) is 0. The Bertz CT molecular complexity index is 272. The molecule has 1 saturated heterocycles. The van der Waals surface area contributed by atoms with Gasteiger partial charge in [0.2, 0.25) is 0 Å². The van der Waals surface area contributed by atoms with E-state index in [0.29, 0.717) is 0 Å². The molecule has 1 aliphatic rings. The highest BCUT2D eigenvalue weighted by atomic mass is 16.6. The number of carbonyl (C=O) groups is 2. The molecule has 0 bridgehead atoms. The molecule has 0 aliphatic carbocycles. The highest BCUT2D eigenvalue weighted by molar-refractivity contribution is 5.99. The van der Waals surface area contributed by atoms with Gasteiger partial charge in [0.05, 0.1) is 7.11 Å². The lowest BCUT2D eigenvalue weighted by Crippen LogP contribution is -2.53. The molecule has 1 rings (SSSR count). The van der Waals surface area contributed by atoms with Crippen LogP contribution in [-0.2, 0) is 19.1 Å². The molecule has 0 aromatic heterocycles. The molecule has 0 aromatic carbocycles. The molecule has 3 atom stereocenters. The fourth-order valence-electron chi connectivity index (χ4n) is 1.81. The Labute approximate surface area is 89.2 Å². The predicted octanol–water partition coefficient (Wildman–Crippen LogP) is 1.30. The number of hydrogen-bond acceptors (Lipinski definition) is 4. The molecule has 84 valence electrons. The van der Waals surface area contributed by atoms with Gasteiger partial charge in [-0.15, -0.1) is 6.58 Å². The molecule has 1 heterocycles. The number of cyclic esters (lactones) is 1. The monoisotopic (exact) mass is 212 g/mol. The fourth-order valence-corrected chi connectivity index (χ4v) is 1.81. The number of rotatable bonds is 5. The van der Waals surface area contributed by atoms with Gasteiger partial charge >= 0.3 is 11.9 Å². The lowest BCUT2D eigenvalue weighted by atomic mass is 9.83. The van der Waals surface area contributed by atoms with Crippen molar-refractivity contribution < 1.29 is 19.1 Å². The van der Waals surface area contributed by atoms with E-state index >= 15 is 0 Å². The molecule has 0 spiro atoms. The van der Waals surface area contributed by atoms with Gasteiger partial charge < -0.3 is 9.47 Å². The van der Waals surface area contributed by atoms with Crippen LogP contribution >= 0.6 is 0 Å². The number of ether oxygens (including phenoxy) is 2. The van der Waals surface area contributed by atoms with Gasteiger partial charge in [0.15, 0.2) is 5.92 Å². The topological polar surface area (TPSA) is 52.6 Å². The summed E-state index contributed by atoms with van der Waals surface area (Å²) >= 11 is 0. The third kappa shape index (κ3) is 2.19. The summed E-state index contributed by atoms with van der Waals surface area (Å²) in [6.07, 6.45) is 3.02. The van der Waals surface area contributed by atoms with Crippen molar-refractivity contribution in [1.82, 2.24) is 0 Å². The maximum atomic E-state index is 11.3. The van der Waals surface area contributed by atoms with Crippen molar-refractivity contribution in [3.63, 3.8) is 0 Å². The minimum absolute atomic E-state index is 0.157. The summed E-state index contributed by atoms with van der Waals surface area (Å²) in [6, 6.07) is 0. The first-order valence-electron chi connectivity index (χ1n) is 5.04. The Kier molecular flexibility index (Phi) is 3.88. The van der Waals surface area contributed by atoms with Crippen LogP contribution in [0.1, 0.15) is 19.8 Å². The fraction of sp³-hybridized carbons (Fsp3) is 0.636. The Morgan fingerprint density at radius 3 is 2.80 bits per heavy atom. The minimum Gasteiger partial charge on any atom is -0.468 e. The summed E-state index contributed by atoms with van der Waals surface area (Å²) in [5.41, 5.74) is 0. The molecule has 0 aromatic rings. The minimum atomic E-state index is -0.736. The molecule has 4 nitrogen and oxygen atoms in total. The average molecular weight is 212 g/mol. The Morgan fingerprint density at radius 1 is 1.73 bits per heavy atom. The van der Waals surface area contributed by atoms with Crippen molar-refractivity contribution >= 4 is 11.9 Å². The lowest BCUT2D eigenvalue weighted by molar-refractivity contribution is -0.200. The maximum Gasteiger partial charge on any atom is 0.324 e. The second-order valence-electron chi connectivity index (χ2n) is 3.60. The summed E-state index contributed by atoms with van der Waals surface area (Å²) in [4.78, 5) is 22.4. The van der Waals surface area contributed by atoms with Gasteiger partial charge in [0.1, 0.15) is 6.10 Å². The standard InChI is InChI=1S/C11H16O4/c1-4-6-7(5-2)9-8(10(12)14-3)11(13)15-9/h4,7-9H,1,5-6H2,2-3H3. The normalized spacial score (nSPS) is 26.1. The molecule has 4 heteroatoms. The van der Waals surface area contributed by atoms with E-state index in [9.17, 15) is 9.59 Å². The Morgan fingerprint density at radius 2 is 2.40 bits per heavy atom. The van der Waals surface area contributed by atoms with Crippen LogP contribution in [0.15, 0.2) is 12.7 Å². The number of allylic oxidation sites excluding steroid dienone is 1. The van der Waals surface area contributed by atoms with Crippen molar-refractivity contribution in [2.45, 2.75) is 25.9 Å². The van der Waals surface area contributed by atoms with Crippen molar-refractivity contribution in [2.75, 3.05) is 7.11 Å². The zero-order valence-electron chi connectivity index (χ0n) is 9.06. The van der Waals surface area contributed by atoms with E-state index in [0.717, 1.165) is 12.8 Å². The van der Waals surface area contributed by atoms with Crippen molar-refractivity contribution in [2.24, 2.45) is 11.8 Å². The predicted molar refractivity (Wildman–Crippen MR) is 54.0 cm³/mol. The molecule has 0 saturated carbocycles. The first kappa shape index (κ1) is 11.8. The molecule has 15 heavy (non-hydrogen) atoms. The number of carbonyl (C=O) groups excluding carboxylic acids is 2. The van der Waals surface area contributed by atoms with Gasteiger partial charge in [-0.1, -0.05) is 13.0 Å². The lowest BCUT2D eigenvalue weighted by Gasteiger charge is -2.37. The molecule has 1 fully saturated rings. The van der Waals surface area contributed by atoms with Crippen molar-refractivity contribution in [1.29, 1.82) is 0 Å². The Hall–Kier alpha value is -1.32. The third-order valence-electron chi connectivity index (χ3n) is 2.75. The van der Waals surface area contributed by atoms with Crippen LogP contribution < -0.4 is 0 Å². The van der Waals surface area contributed by atoms with Gasteiger partial charge in [-0.2, -0.15) is 0 Å². The summed E-state index contributed by atoms with van der Waals surface area (Å²) in [7, 11) is 1.28. The molecule has 0 N–H and O–H groups in total. The summed E-state index contributed by atoms with van der Waals surface area (Å²) in [5, 5.41) is 0. The third-order valence-corrected chi connectivity index (χ3v) is 2.75. The van der Waals surface area contributed by atoms with E-state index in [1.165, 1.54) is 7.11 Å². The number of esters is 2. The van der Waals surface area contributed by atoms with Gasteiger partial charge in [-0.25, -0.2) is 0 Å². The first-order chi connectivity index (χ1) is 7.15. The van der Waals surface area contributed by atoms with Crippen LogP contribution in [0.4, 0.5) is 0 Å².